The summed E-state index contributed by atoms with van der Waals surface area (Å²) in [4.78, 5) is 2.33. The standard InChI is InChI=1S/C31H37N3O6S2/c1-32-26-17-22(38-2)7-8-25(26)29-30(32)27(19-35)33(18-21-14-23(39-3)16-24(15-21)40-4)20-31(29)9-11-34(12-10-31)42(36,37)28-6-5-13-41-28/h5-8,13-17,27,35H,9-12,18-20H2,1-4H3/t27-/m1/s1. The zero-order chi connectivity index (χ0) is 29.6. The Labute approximate surface area is 250 Å². The summed E-state index contributed by atoms with van der Waals surface area (Å²) in [5.74, 6) is 2.19. The van der Waals surface area contributed by atoms with E-state index in [-0.39, 0.29) is 18.1 Å². The van der Waals surface area contributed by atoms with Crippen molar-refractivity contribution in [1.82, 2.24) is 13.8 Å². The maximum atomic E-state index is 13.4. The minimum absolute atomic E-state index is 0.0512. The maximum Gasteiger partial charge on any atom is 0.252 e. The first-order valence-electron chi connectivity index (χ1n) is 14.0. The number of piperidine rings is 1. The Morgan fingerprint density at radius 3 is 2.26 bits per heavy atom. The number of hydrogen-bond acceptors (Lipinski definition) is 8. The predicted molar refractivity (Wildman–Crippen MR) is 163 cm³/mol. The Morgan fingerprint density at radius 2 is 1.67 bits per heavy atom. The van der Waals surface area contributed by atoms with E-state index in [0.717, 1.165) is 27.9 Å². The van der Waals surface area contributed by atoms with Crippen molar-refractivity contribution in [3.05, 3.63) is 70.7 Å². The number of thiophene rings is 1. The van der Waals surface area contributed by atoms with Crippen molar-refractivity contribution in [3.8, 4) is 17.2 Å². The zero-order valence-corrected chi connectivity index (χ0v) is 26.0. The highest BCUT2D eigenvalue weighted by atomic mass is 32.2. The molecule has 1 atom stereocenters. The lowest BCUT2D eigenvalue weighted by molar-refractivity contribution is 0.0515. The lowest BCUT2D eigenvalue weighted by Gasteiger charge is -2.50. The molecule has 1 N–H and O–H groups in total. The summed E-state index contributed by atoms with van der Waals surface area (Å²) in [5.41, 5.74) is 4.03. The van der Waals surface area contributed by atoms with Gasteiger partial charge in [0.15, 0.2) is 0 Å². The number of methoxy groups -OCH3 is 3. The van der Waals surface area contributed by atoms with Crippen LogP contribution in [0.3, 0.4) is 0 Å². The first kappa shape index (κ1) is 29.0. The van der Waals surface area contributed by atoms with Crippen molar-refractivity contribution in [2.45, 2.75) is 35.1 Å². The number of aliphatic hydroxyl groups is 1. The normalized spacial score (nSPS) is 19.2. The van der Waals surface area contributed by atoms with Gasteiger partial charge in [0.2, 0.25) is 0 Å². The number of nitrogens with zero attached hydrogens (tertiary/aromatic N) is 3. The molecule has 2 aromatic carbocycles. The molecule has 42 heavy (non-hydrogen) atoms. The van der Waals surface area contributed by atoms with Gasteiger partial charge < -0.3 is 23.9 Å². The molecule has 2 aliphatic rings. The van der Waals surface area contributed by atoms with E-state index in [1.165, 1.54) is 16.9 Å². The number of aliphatic hydroxyl groups excluding tert-OH is 1. The predicted octanol–water partition coefficient (Wildman–Crippen LogP) is 4.54. The second-order valence-electron chi connectivity index (χ2n) is 11.1. The van der Waals surface area contributed by atoms with Gasteiger partial charge in [-0.1, -0.05) is 6.07 Å². The fraction of sp³-hybridized carbons (Fsp3) is 0.419. The van der Waals surface area contributed by atoms with Crippen LogP contribution >= 0.6 is 11.3 Å². The molecule has 0 bridgehead atoms. The first-order valence-corrected chi connectivity index (χ1v) is 16.3. The summed E-state index contributed by atoms with van der Waals surface area (Å²) in [6, 6.07) is 15.2. The minimum atomic E-state index is -3.54. The van der Waals surface area contributed by atoms with Gasteiger partial charge in [0.1, 0.15) is 21.5 Å². The number of aryl methyl sites for hydroxylation is 1. The van der Waals surface area contributed by atoms with Crippen LogP contribution in [0.4, 0.5) is 0 Å². The minimum Gasteiger partial charge on any atom is -0.497 e. The molecule has 2 aliphatic heterocycles. The fourth-order valence-corrected chi connectivity index (χ4v) is 9.51. The highest BCUT2D eigenvalue weighted by molar-refractivity contribution is 7.91. The van der Waals surface area contributed by atoms with E-state index in [9.17, 15) is 13.5 Å². The number of sulfonamides is 1. The van der Waals surface area contributed by atoms with Gasteiger partial charge in [-0.3, -0.25) is 4.90 Å². The van der Waals surface area contributed by atoms with Gasteiger partial charge in [0.05, 0.1) is 39.5 Å². The number of hydrogen-bond donors (Lipinski definition) is 1. The molecule has 0 radical (unpaired) electrons. The van der Waals surface area contributed by atoms with Crippen LogP contribution in [0, 0.1) is 0 Å². The van der Waals surface area contributed by atoms with E-state index in [2.05, 4.69) is 15.5 Å². The number of aromatic nitrogens is 1. The Hall–Kier alpha value is -3.09. The van der Waals surface area contributed by atoms with Crippen LogP contribution in [0.2, 0.25) is 0 Å². The molecular formula is C31H37N3O6S2. The van der Waals surface area contributed by atoms with Crippen LogP contribution in [0.5, 0.6) is 17.2 Å². The molecule has 0 amide bonds. The van der Waals surface area contributed by atoms with E-state index < -0.39 is 10.0 Å². The number of benzene rings is 2. The molecule has 1 saturated heterocycles. The molecule has 2 aromatic heterocycles. The molecule has 11 heteroatoms. The van der Waals surface area contributed by atoms with Crippen molar-refractivity contribution < 1.29 is 27.7 Å². The molecule has 1 fully saturated rings. The van der Waals surface area contributed by atoms with Crippen LogP contribution in [0.25, 0.3) is 10.9 Å². The van der Waals surface area contributed by atoms with Crippen LogP contribution in [0.1, 0.15) is 35.7 Å². The lowest BCUT2D eigenvalue weighted by Crippen LogP contribution is -2.54. The van der Waals surface area contributed by atoms with Gasteiger partial charge in [-0.15, -0.1) is 11.3 Å². The molecule has 6 rings (SSSR count). The zero-order valence-electron chi connectivity index (χ0n) is 24.4. The van der Waals surface area contributed by atoms with Crippen molar-refractivity contribution in [3.63, 3.8) is 0 Å². The molecule has 4 heterocycles. The van der Waals surface area contributed by atoms with Crippen LogP contribution in [-0.2, 0) is 29.0 Å². The fourth-order valence-electron chi connectivity index (χ4n) is 6.92. The van der Waals surface area contributed by atoms with E-state index in [1.54, 1.807) is 43.1 Å². The summed E-state index contributed by atoms with van der Waals surface area (Å²) in [6.45, 7) is 2.06. The summed E-state index contributed by atoms with van der Waals surface area (Å²) in [6.07, 6.45) is 1.34. The van der Waals surface area contributed by atoms with E-state index in [4.69, 9.17) is 14.2 Å². The van der Waals surface area contributed by atoms with Crippen molar-refractivity contribution in [2.24, 2.45) is 7.05 Å². The molecule has 0 aliphatic carbocycles. The van der Waals surface area contributed by atoms with Gasteiger partial charge in [-0.05, 0) is 59.7 Å². The summed E-state index contributed by atoms with van der Waals surface area (Å²) < 4.78 is 47.7. The first-order chi connectivity index (χ1) is 20.2. The quantitative estimate of drug-likeness (QED) is 0.313. The topological polar surface area (TPSA) is 93.5 Å². The maximum absolute atomic E-state index is 13.4. The third-order valence-electron chi connectivity index (χ3n) is 8.98. The van der Waals surface area contributed by atoms with Gasteiger partial charge in [-0.25, -0.2) is 8.42 Å². The Kier molecular flexibility index (Phi) is 7.73. The molecule has 0 saturated carbocycles. The largest absolute Gasteiger partial charge is 0.497 e. The second kappa shape index (κ2) is 11.2. The highest BCUT2D eigenvalue weighted by Crippen LogP contribution is 2.51. The van der Waals surface area contributed by atoms with Crippen LogP contribution in [0.15, 0.2) is 58.1 Å². The van der Waals surface area contributed by atoms with E-state index >= 15 is 0 Å². The third kappa shape index (κ3) is 4.77. The average Bonchev–Trinajstić information content (AvgIpc) is 3.65. The molecule has 0 unspecified atom stereocenters. The average molecular weight is 612 g/mol. The van der Waals surface area contributed by atoms with Crippen LogP contribution in [-0.4, -0.2) is 74.9 Å². The van der Waals surface area contributed by atoms with Gasteiger partial charge in [0, 0.05) is 61.9 Å². The van der Waals surface area contributed by atoms with Gasteiger partial charge in [-0.2, -0.15) is 4.31 Å². The molecular weight excluding hydrogens is 574 g/mol. The lowest BCUT2D eigenvalue weighted by atomic mass is 9.68. The Bertz CT molecular complexity index is 1670. The number of rotatable bonds is 8. The Balaban J connectivity index is 1.45. The van der Waals surface area contributed by atoms with Gasteiger partial charge in [0.25, 0.3) is 10.0 Å². The molecule has 4 aromatic rings. The number of fused-ring (bicyclic) bond motifs is 4. The molecule has 224 valence electrons. The number of ether oxygens (including phenoxy) is 3. The summed E-state index contributed by atoms with van der Waals surface area (Å²) in [7, 11) is 3.44. The second-order valence-corrected chi connectivity index (χ2v) is 14.3. The SMILES string of the molecule is COc1cc(CN2CC3(CCN(S(=O)(=O)c4cccs4)CC3)c3c(n(C)c4cc(OC)ccc34)[C@H]2CO)cc(OC)c1. The monoisotopic (exact) mass is 611 g/mol. The van der Waals surface area contributed by atoms with Crippen molar-refractivity contribution in [2.75, 3.05) is 47.6 Å². The summed E-state index contributed by atoms with van der Waals surface area (Å²) >= 11 is 1.26. The van der Waals surface area contributed by atoms with Crippen molar-refractivity contribution in [1.29, 1.82) is 0 Å². The Morgan fingerprint density at radius 1 is 0.976 bits per heavy atom. The molecule has 1 spiro atoms. The third-order valence-corrected chi connectivity index (χ3v) is 12.3. The van der Waals surface area contributed by atoms with Crippen molar-refractivity contribution >= 4 is 32.3 Å². The molecule has 9 nitrogen and oxygen atoms in total. The summed E-state index contributed by atoms with van der Waals surface area (Å²) in [5, 5.41) is 13.8. The van der Waals surface area contributed by atoms with E-state index in [1.807, 2.05) is 37.4 Å². The smallest absolute Gasteiger partial charge is 0.252 e. The van der Waals surface area contributed by atoms with Crippen LogP contribution < -0.4 is 14.2 Å². The van der Waals surface area contributed by atoms with Gasteiger partial charge >= 0.3 is 0 Å². The van der Waals surface area contributed by atoms with E-state index in [0.29, 0.717) is 54.7 Å². The highest BCUT2D eigenvalue weighted by Gasteiger charge is 2.49.